The van der Waals surface area contributed by atoms with Gasteiger partial charge in [0.2, 0.25) is 0 Å². The second-order valence-corrected chi connectivity index (χ2v) is 5.77. The van der Waals surface area contributed by atoms with Crippen LogP contribution in [0.1, 0.15) is 11.1 Å². The monoisotopic (exact) mass is 332 g/mol. The first-order valence-corrected chi connectivity index (χ1v) is 7.78. The summed E-state index contributed by atoms with van der Waals surface area (Å²) in [5, 5.41) is 11.4. The van der Waals surface area contributed by atoms with Crippen molar-refractivity contribution in [3.05, 3.63) is 78.9 Å². The molecule has 2 heterocycles. The van der Waals surface area contributed by atoms with Crippen LogP contribution in [-0.4, -0.2) is 22.2 Å². The Balaban J connectivity index is 1.91. The maximum absolute atomic E-state index is 11.4. The van der Waals surface area contributed by atoms with Crippen LogP contribution in [0.5, 0.6) is 17.2 Å². The van der Waals surface area contributed by atoms with E-state index in [4.69, 9.17) is 9.47 Å². The quantitative estimate of drug-likeness (QED) is 0.741. The number of benzene rings is 2. The van der Waals surface area contributed by atoms with Gasteiger partial charge in [0, 0.05) is 29.1 Å². The van der Waals surface area contributed by atoms with Gasteiger partial charge in [0.05, 0.1) is 7.11 Å². The fraction of sp³-hybridized carbons (Fsp3) is 0.100. The standard InChI is InChI=1S/C20H16N2O3/c1-3-20(23)16-8-13(14-10-21-12-22-11-14)4-6-18(16)25-19-7-5-15(24-2)9-17(19)20/h3-12,23H,1H2,2H3/t20-/m1/s1. The molecule has 25 heavy (non-hydrogen) atoms. The van der Waals surface area contributed by atoms with Crippen LogP contribution in [0.3, 0.4) is 0 Å². The van der Waals surface area contributed by atoms with E-state index in [1.807, 2.05) is 18.2 Å². The summed E-state index contributed by atoms with van der Waals surface area (Å²) in [6.07, 6.45) is 6.44. The molecule has 0 aliphatic carbocycles. The van der Waals surface area contributed by atoms with E-state index in [0.717, 1.165) is 11.1 Å². The third kappa shape index (κ3) is 2.37. The van der Waals surface area contributed by atoms with Crippen molar-refractivity contribution < 1.29 is 14.6 Å². The summed E-state index contributed by atoms with van der Waals surface area (Å²) in [5.41, 5.74) is 1.56. The minimum Gasteiger partial charge on any atom is -0.497 e. The first-order chi connectivity index (χ1) is 12.2. The van der Waals surface area contributed by atoms with Crippen LogP contribution >= 0.6 is 0 Å². The van der Waals surface area contributed by atoms with Gasteiger partial charge in [-0.15, -0.1) is 0 Å². The SMILES string of the molecule is C=C[C@]1(O)c2cc(OC)ccc2Oc2ccc(-c3cncnc3)cc21. The Bertz CT molecular complexity index is 956. The van der Waals surface area contributed by atoms with Crippen molar-refractivity contribution in [1.29, 1.82) is 0 Å². The van der Waals surface area contributed by atoms with Crippen LogP contribution in [0.15, 0.2) is 67.8 Å². The number of ether oxygens (including phenoxy) is 2. The molecule has 0 saturated heterocycles. The first kappa shape index (κ1) is 15.4. The number of hydrogen-bond acceptors (Lipinski definition) is 5. The van der Waals surface area contributed by atoms with Crippen LogP contribution in [0.4, 0.5) is 0 Å². The molecule has 1 N–H and O–H groups in total. The number of nitrogens with zero attached hydrogens (tertiary/aromatic N) is 2. The molecule has 1 aliphatic rings. The predicted molar refractivity (Wildman–Crippen MR) is 93.7 cm³/mol. The number of hydrogen-bond donors (Lipinski definition) is 1. The van der Waals surface area contributed by atoms with Gasteiger partial charge < -0.3 is 14.6 Å². The van der Waals surface area contributed by atoms with Crippen LogP contribution in [0.2, 0.25) is 0 Å². The maximum Gasteiger partial charge on any atom is 0.140 e. The molecule has 3 aromatic rings. The van der Waals surface area contributed by atoms with Crippen molar-refractivity contribution in [2.24, 2.45) is 0 Å². The lowest BCUT2D eigenvalue weighted by Crippen LogP contribution is -2.28. The van der Waals surface area contributed by atoms with E-state index >= 15 is 0 Å². The fourth-order valence-corrected chi connectivity index (χ4v) is 3.05. The van der Waals surface area contributed by atoms with Crippen molar-refractivity contribution in [2.75, 3.05) is 7.11 Å². The molecule has 4 rings (SSSR count). The van der Waals surface area contributed by atoms with Crippen molar-refractivity contribution in [3.63, 3.8) is 0 Å². The van der Waals surface area contributed by atoms with Crippen LogP contribution < -0.4 is 9.47 Å². The largest absolute Gasteiger partial charge is 0.497 e. The van der Waals surface area contributed by atoms with E-state index in [1.54, 1.807) is 37.7 Å². The lowest BCUT2D eigenvalue weighted by atomic mass is 9.82. The predicted octanol–water partition coefficient (Wildman–Crippen LogP) is 3.68. The average Bonchev–Trinajstić information content (AvgIpc) is 2.68. The Morgan fingerprint density at radius 3 is 2.40 bits per heavy atom. The molecule has 2 aromatic carbocycles. The Kier molecular flexibility index (Phi) is 3.51. The zero-order valence-corrected chi connectivity index (χ0v) is 13.6. The van der Waals surface area contributed by atoms with Crippen molar-refractivity contribution in [3.8, 4) is 28.4 Å². The molecule has 0 bridgehead atoms. The Morgan fingerprint density at radius 2 is 1.72 bits per heavy atom. The minimum absolute atomic E-state index is 0.575. The lowest BCUT2D eigenvalue weighted by molar-refractivity contribution is 0.121. The van der Waals surface area contributed by atoms with E-state index in [0.29, 0.717) is 28.4 Å². The highest BCUT2D eigenvalue weighted by molar-refractivity contribution is 5.68. The average molecular weight is 332 g/mol. The summed E-state index contributed by atoms with van der Waals surface area (Å²) in [5.74, 6) is 1.80. The molecule has 0 unspecified atom stereocenters. The Morgan fingerprint density at radius 1 is 1.04 bits per heavy atom. The molecule has 0 saturated carbocycles. The van der Waals surface area contributed by atoms with Gasteiger partial charge in [-0.25, -0.2) is 9.97 Å². The van der Waals surface area contributed by atoms with Crippen LogP contribution in [0, 0.1) is 0 Å². The third-order valence-electron chi connectivity index (χ3n) is 4.40. The molecular formula is C20H16N2O3. The maximum atomic E-state index is 11.4. The van der Waals surface area contributed by atoms with E-state index in [1.165, 1.54) is 12.4 Å². The van der Waals surface area contributed by atoms with E-state index < -0.39 is 5.60 Å². The fourth-order valence-electron chi connectivity index (χ4n) is 3.05. The van der Waals surface area contributed by atoms with Crippen LogP contribution in [0.25, 0.3) is 11.1 Å². The molecule has 0 fully saturated rings. The molecule has 1 aromatic heterocycles. The summed E-state index contributed by atoms with van der Waals surface area (Å²) < 4.78 is 11.3. The number of aliphatic hydroxyl groups is 1. The molecule has 0 spiro atoms. The van der Waals surface area contributed by atoms with Crippen LogP contribution in [-0.2, 0) is 5.60 Å². The number of methoxy groups -OCH3 is 1. The normalized spacial score (nSPS) is 17.8. The summed E-state index contributed by atoms with van der Waals surface area (Å²) in [6.45, 7) is 3.84. The number of rotatable bonds is 3. The third-order valence-corrected chi connectivity index (χ3v) is 4.40. The highest BCUT2D eigenvalue weighted by Crippen LogP contribution is 2.49. The molecule has 5 nitrogen and oxygen atoms in total. The minimum atomic E-state index is -1.39. The second-order valence-electron chi connectivity index (χ2n) is 5.77. The highest BCUT2D eigenvalue weighted by Gasteiger charge is 2.38. The van der Waals surface area contributed by atoms with Gasteiger partial charge >= 0.3 is 0 Å². The van der Waals surface area contributed by atoms with Crippen molar-refractivity contribution >= 4 is 0 Å². The van der Waals surface area contributed by atoms with E-state index in [-0.39, 0.29) is 0 Å². The Labute approximate surface area is 145 Å². The highest BCUT2D eigenvalue weighted by atomic mass is 16.5. The topological polar surface area (TPSA) is 64.5 Å². The van der Waals surface area contributed by atoms with Gasteiger partial charge in [-0.05, 0) is 35.9 Å². The smallest absolute Gasteiger partial charge is 0.140 e. The summed E-state index contributed by atoms with van der Waals surface area (Å²) in [7, 11) is 1.58. The van der Waals surface area contributed by atoms with Gasteiger partial charge in [0.1, 0.15) is 29.2 Å². The molecular weight excluding hydrogens is 316 g/mol. The number of fused-ring (bicyclic) bond motifs is 2. The van der Waals surface area contributed by atoms with Crippen molar-refractivity contribution in [1.82, 2.24) is 9.97 Å². The Hall–Kier alpha value is -3.18. The number of aromatic nitrogens is 2. The van der Waals surface area contributed by atoms with Gasteiger partial charge in [0.25, 0.3) is 0 Å². The van der Waals surface area contributed by atoms with Gasteiger partial charge in [-0.2, -0.15) is 0 Å². The summed E-state index contributed by atoms with van der Waals surface area (Å²) in [6, 6.07) is 11.0. The van der Waals surface area contributed by atoms with E-state index in [9.17, 15) is 5.11 Å². The van der Waals surface area contributed by atoms with Gasteiger partial charge in [0.15, 0.2) is 0 Å². The summed E-state index contributed by atoms with van der Waals surface area (Å²) >= 11 is 0. The second kappa shape index (κ2) is 5.72. The molecule has 1 aliphatic heterocycles. The molecule has 1 atom stereocenters. The zero-order chi connectivity index (χ0) is 17.4. The summed E-state index contributed by atoms with van der Waals surface area (Å²) in [4.78, 5) is 8.09. The van der Waals surface area contributed by atoms with E-state index in [2.05, 4.69) is 16.5 Å². The zero-order valence-electron chi connectivity index (χ0n) is 13.6. The first-order valence-electron chi connectivity index (χ1n) is 7.78. The lowest BCUT2D eigenvalue weighted by Gasteiger charge is -2.34. The van der Waals surface area contributed by atoms with Gasteiger partial charge in [-0.3, -0.25) is 0 Å². The molecule has 124 valence electrons. The molecule has 0 amide bonds. The molecule has 0 radical (unpaired) electrons. The molecule has 5 heteroatoms. The van der Waals surface area contributed by atoms with Gasteiger partial charge in [-0.1, -0.05) is 18.7 Å². The van der Waals surface area contributed by atoms with Crippen molar-refractivity contribution in [2.45, 2.75) is 5.60 Å².